The zero-order chi connectivity index (χ0) is 9.90. The quantitative estimate of drug-likeness (QED) is 0.769. The Balaban J connectivity index is 2.80. The van der Waals surface area contributed by atoms with Crippen LogP contribution in [0.3, 0.4) is 0 Å². The van der Waals surface area contributed by atoms with E-state index in [0.29, 0.717) is 0 Å². The molecule has 0 unspecified atom stereocenters. The van der Waals surface area contributed by atoms with Gasteiger partial charge in [0.2, 0.25) is 0 Å². The van der Waals surface area contributed by atoms with Crippen LogP contribution in [0.25, 0.3) is 0 Å². The maximum atomic E-state index is 9.13. The molecular weight excluding hydrogens is 162 g/mol. The summed E-state index contributed by atoms with van der Waals surface area (Å²) in [6.07, 6.45) is 4.57. The van der Waals surface area contributed by atoms with Gasteiger partial charge >= 0.3 is 0 Å². The van der Waals surface area contributed by atoms with Crippen LogP contribution in [-0.4, -0.2) is 16.7 Å². The molecule has 0 fully saturated rings. The summed E-state index contributed by atoms with van der Waals surface area (Å²) in [6, 6.07) is 2.02. The van der Waals surface area contributed by atoms with Crippen molar-refractivity contribution >= 4 is 0 Å². The van der Waals surface area contributed by atoms with E-state index in [-0.39, 0.29) is 12.0 Å². The summed E-state index contributed by atoms with van der Waals surface area (Å²) in [6.45, 7) is 6.39. The molecule has 0 aliphatic rings. The largest absolute Gasteiger partial charge is 0.396 e. The van der Waals surface area contributed by atoms with Crippen molar-refractivity contribution in [2.24, 2.45) is 5.41 Å². The van der Waals surface area contributed by atoms with Crippen LogP contribution in [0.2, 0.25) is 0 Å². The van der Waals surface area contributed by atoms with E-state index in [4.69, 9.17) is 5.11 Å². The van der Waals surface area contributed by atoms with Gasteiger partial charge < -0.3 is 5.11 Å². The first kappa shape index (κ1) is 10.2. The zero-order valence-electron chi connectivity index (χ0n) is 8.54. The highest BCUT2D eigenvalue weighted by molar-refractivity contribution is 5.22. The molecule has 0 spiro atoms. The summed E-state index contributed by atoms with van der Waals surface area (Å²) in [5.74, 6) is 0. The number of aliphatic hydroxyl groups is 1. The highest BCUT2D eigenvalue weighted by Gasteiger charge is 2.17. The number of rotatable bonds is 3. The minimum absolute atomic E-state index is 0.0356. The normalized spacial score (nSPS) is 11.7. The molecule has 0 saturated carbocycles. The molecule has 2 heteroatoms. The molecule has 72 valence electrons. The molecule has 0 saturated heterocycles. The van der Waals surface area contributed by atoms with Gasteiger partial charge in [-0.25, -0.2) is 0 Å². The first-order valence-corrected chi connectivity index (χ1v) is 4.55. The van der Waals surface area contributed by atoms with Crippen molar-refractivity contribution in [3.05, 3.63) is 29.6 Å². The lowest BCUT2D eigenvalue weighted by molar-refractivity contribution is 0.159. The molecule has 0 amide bonds. The van der Waals surface area contributed by atoms with Crippen molar-refractivity contribution in [3.63, 3.8) is 0 Å². The molecule has 1 aromatic rings. The minimum atomic E-state index is -0.0356. The minimum Gasteiger partial charge on any atom is -0.396 e. The van der Waals surface area contributed by atoms with Crippen LogP contribution in [0.1, 0.15) is 25.0 Å². The Kier molecular flexibility index (Phi) is 3.04. The van der Waals surface area contributed by atoms with Crippen molar-refractivity contribution in [3.8, 4) is 0 Å². The van der Waals surface area contributed by atoms with Gasteiger partial charge in [-0.1, -0.05) is 13.8 Å². The smallest absolute Gasteiger partial charge is 0.0485 e. The van der Waals surface area contributed by atoms with Crippen molar-refractivity contribution < 1.29 is 5.11 Å². The number of aryl methyl sites for hydroxylation is 1. The van der Waals surface area contributed by atoms with Crippen LogP contribution in [0.15, 0.2) is 18.5 Å². The fraction of sp³-hybridized carbons (Fsp3) is 0.545. The van der Waals surface area contributed by atoms with E-state index in [1.165, 1.54) is 11.1 Å². The second-order valence-corrected chi connectivity index (χ2v) is 4.30. The first-order chi connectivity index (χ1) is 6.05. The Morgan fingerprint density at radius 3 is 2.69 bits per heavy atom. The van der Waals surface area contributed by atoms with Gasteiger partial charge in [0, 0.05) is 19.0 Å². The fourth-order valence-electron chi connectivity index (χ4n) is 1.27. The Labute approximate surface area is 79.6 Å². The lowest BCUT2D eigenvalue weighted by atomic mass is 9.86. The van der Waals surface area contributed by atoms with Gasteiger partial charge in [0.25, 0.3) is 0 Å². The second kappa shape index (κ2) is 3.88. The maximum absolute atomic E-state index is 9.13. The van der Waals surface area contributed by atoms with Crippen LogP contribution >= 0.6 is 0 Å². The molecule has 1 aromatic heterocycles. The molecule has 0 atom stereocenters. The third kappa shape index (κ3) is 2.81. The van der Waals surface area contributed by atoms with Crippen LogP contribution in [0.4, 0.5) is 0 Å². The average Bonchev–Trinajstić information content (AvgIpc) is 2.09. The van der Waals surface area contributed by atoms with Crippen molar-refractivity contribution in [2.75, 3.05) is 6.61 Å². The third-order valence-electron chi connectivity index (χ3n) is 2.23. The Morgan fingerprint density at radius 2 is 2.15 bits per heavy atom. The Hall–Kier alpha value is -0.890. The molecule has 1 N–H and O–H groups in total. The molecule has 0 radical (unpaired) electrons. The van der Waals surface area contributed by atoms with Crippen LogP contribution in [0, 0.1) is 12.3 Å². The van der Waals surface area contributed by atoms with Crippen molar-refractivity contribution in [2.45, 2.75) is 27.2 Å². The number of nitrogens with zero attached hydrogens (tertiary/aromatic N) is 1. The van der Waals surface area contributed by atoms with Crippen molar-refractivity contribution in [1.82, 2.24) is 4.98 Å². The molecule has 0 aliphatic heterocycles. The van der Waals surface area contributed by atoms with Crippen LogP contribution < -0.4 is 0 Å². The van der Waals surface area contributed by atoms with E-state index in [0.717, 1.165) is 6.42 Å². The molecule has 1 heterocycles. The highest BCUT2D eigenvalue weighted by Crippen LogP contribution is 2.22. The molecule has 0 aromatic carbocycles. The number of aliphatic hydroxyl groups excluding tert-OH is 1. The van der Waals surface area contributed by atoms with Crippen LogP contribution in [-0.2, 0) is 6.42 Å². The number of hydrogen-bond donors (Lipinski definition) is 1. The summed E-state index contributed by atoms with van der Waals surface area (Å²) in [7, 11) is 0. The molecule has 2 nitrogen and oxygen atoms in total. The van der Waals surface area contributed by atoms with Gasteiger partial charge in [0.05, 0.1) is 0 Å². The zero-order valence-corrected chi connectivity index (χ0v) is 8.54. The lowest BCUT2D eigenvalue weighted by Gasteiger charge is -2.22. The van der Waals surface area contributed by atoms with E-state index < -0.39 is 0 Å². The Morgan fingerprint density at radius 1 is 1.46 bits per heavy atom. The van der Waals surface area contributed by atoms with Gasteiger partial charge in [-0.05, 0) is 36.0 Å². The van der Waals surface area contributed by atoms with Gasteiger partial charge in [-0.2, -0.15) is 0 Å². The van der Waals surface area contributed by atoms with E-state index in [2.05, 4.69) is 25.8 Å². The Bertz CT molecular complexity index is 281. The van der Waals surface area contributed by atoms with E-state index >= 15 is 0 Å². The molecule has 0 aliphatic carbocycles. The number of aromatic nitrogens is 1. The molecule has 13 heavy (non-hydrogen) atoms. The summed E-state index contributed by atoms with van der Waals surface area (Å²) >= 11 is 0. The summed E-state index contributed by atoms with van der Waals surface area (Å²) in [4.78, 5) is 4.04. The summed E-state index contributed by atoms with van der Waals surface area (Å²) < 4.78 is 0. The maximum Gasteiger partial charge on any atom is 0.0485 e. The van der Waals surface area contributed by atoms with Crippen molar-refractivity contribution in [1.29, 1.82) is 0 Å². The fourth-order valence-corrected chi connectivity index (χ4v) is 1.27. The summed E-state index contributed by atoms with van der Waals surface area (Å²) in [5.41, 5.74) is 2.43. The lowest BCUT2D eigenvalue weighted by Crippen LogP contribution is -2.20. The highest BCUT2D eigenvalue weighted by atomic mass is 16.3. The van der Waals surface area contributed by atoms with E-state index in [1.54, 1.807) is 6.20 Å². The van der Waals surface area contributed by atoms with Gasteiger partial charge in [0.15, 0.2) is 0 Å². The topological polar surface area (TPSA) is 33.1 Å². The van der Waals surface area contributed by atoms with E-state index in [9.17, 15) is 0 Å². The predicted octanol–water partition coefficient (Wildman–Crippen LogP) is 1.95. The predicted molar refractivity (Wildman–Crippen MR) is 53.5 cm³/mol. The first-order valence-electron chi connectivity index (χ1n) is 4.55. The molecular formula is C11H17NO. The van der Waals surface area contributed by atoms with Gasteiger partial charge in [-0.15, -0.1) is 0 Å². The monoisotopic (exact) mass is 179 g/mol. The van der Waals surface area contributed by atoms with E-state index in [1.807, 2.05) is 12.3 Å². The number of hydrogen-bond acceptors (Lipinski definition) is 2. The van der Waals surface area contributed by atoms with Gasteiger partial charge in [0.1, 0.15) is 0 Å². The SMILES string of the molecule is Cc1cnccc1CC(C)(C)CO. The summed E-state index contributed by atoms with van der Waals surface area (Å²) in [5, 5.41) is 9.13. The number of pyridine rings is 1. The average molecular weight is 179 g/mol. The second-order valence-electron chi connectivity index (χ2n) is 4.30. The van der Waals surface area contributed by atoms with Crippen LogP contribution in [0.5, 0.6) is 0 Å². The van der Waals surface area contributed by atoms with Gasteiger partial charge in [-0.3, -0.25) is 4.98 Å². The molecule has 1 rings (SSSR count). The molecule has 0 bridgehead atoms. The third-order valence-corrected chi connectivity index (χ3v) is 2.23. The standard InChI is InChI=1S/C11H17NO/c1-9-7-12-5-4-10(9)6-11(2,3)8-13/h4-5,7,13H,6,8H2,1-3H3.